The van der Waals surface area contributed by atoms with E-state index in [-0.39, 0.29) is 10.5 Å². The Labute approximate surface area is 138 Å². The number of anilines is 1. The van der Waals surface area contributed by atoms with E-state index in [1.807, 2.05) is 4.72 Å². The lowest BCUT2D eigenvalue weighted by Gasteiger charge is -2.11. The van der Waals surface area contributed by atoms with Crippen molar-refractivity contribution in [2.75, 3.05) is 11.8 Å². The number of halogens is 2. The second kappa shape index (κ2) is 6.96. The van der Waals surface area contributed by atoms with E-state index in [1.54, 1.807) is 19.1 Å². The van der Waals surface area contributed by atoms with Gasteiger partial charge in [0.2, 0.25) is 0 Å². The molecule has 0 saturated carbocycles. The minimum Gasteiger partial charge on any atom is -0.469 e. The summed E-state index contributed by atoms with van der Waals surface area (Å²) in [5, 5.41) is 0. The van der Waals surface area contributed by atoms with Gasteiger partial charge in [-0.2, -0.15) is 0 Å². The molecule has 0 spiro atoms. The van der Waals surface area contributed by atoms with Gasteiger partial charge in [0, 0.05) is 5.56 Å². The van der Waals surface area contributed by atoms with Gasteiger partial charge in [-0.3, -0.25) is 9.52 Å². The maximum atomic E-state index is 14.1. The fourth-order valence-corrected chi connectivity index (χ4v) is 3.01. The van der Waals surface area contributed by atoms with E-state index in [2.05, 4.69) is 4.74 Å². The molecule has 0 amide bonds. The second-order valence-corrected chi connectivity index (χ2v) is 6.75. The molecule has 5 nitrogen and oxygen atoms in total. The highest BCUT2D eigenvalue weighted by Gasteiger charge is 2.20. The van der Waals surface area contributed by atoms with Crippen LogP contribution in [0.4, 0.5) is 14.5 Å². The lowest BCUT2D eigenvalue weighted by molar-refractivity contribution is -0.139. The van der Waals surface area contributed by atoms with Gasteiger partial charge >= 0.3 is 5.97 Å². The molecule has 2 aromatic rings. The zero-order valence-electron chi connectivity index (χ0n) is 13.0. The average Bonchev–Trinajstić information content (AvgIpc) is 2.54. The summed E-state index contributed by atoms with van der Waals surface area (Å²) in [7, 11) is -2.93. The van der Waals surface area contributed by atoms with Gasteiger partial charge in [0.15, 0.2) is 11.6 Å². The molecule has 0 fully saturated rings. The van der Waals surface area contributed by atoms with Crippen molar-refractivity contribution in [2.45, 2.75) is 18.2 Å². The number of sulfonamides is 1. The third kappa shape index (κ3) is 3.88. The number of ether oxygens (including phenoxy) is 1. The second-order valence-electron chi connectivity index (χ2n) is 5.07. The summed E-state index contributed by atoms with van der Waals surface area (Å²) in [6, 6.07) is 8.08. The van der Waals surface area contributed by atoms with Gasteiger partial charge in [-0.05, 0) is 25.1 Å². The topological polar surface area (TPSA) is 72.5 Å². The maximum Gasteiger partial charge on any atom is 0.310 e. The smallest absolute Gasteiger partial charge is 0.310 e. The van der Waals surface area contributed by atoms with E-state index in [0.29, 0.717) is 0 Å². The molecular formula is C16H15F2NO4S. The molecule has 0 aliphatic heterocycles. The molecule has 0 aliphatic rings. The van der Waals surface area contributed by atoms with Crippen molar-refractivity contribution in [3.63, 3.8) is 0 Å². The first-order chi connectivity index (χ1) is 11.2. The summed E-state index contributed by atoms with van der Waals surface area (Å²) < 4.78 is 58.9. The monoisotopic (exact) mass is 355 g/mol. The van der Waals surface area contributed by atoms with Crippen molar-refractivity contribution >= 4 is 21.7 Å². The first-order valence-electron chi connectivity index (χ1n) is 6.88. The maximum absolute atomic E-state index is 14.1. The molecule has 0 atom stereocenters. The highest BCUT2D eigenvalue weighted by molar-refractivity contribution is 7.92. The van der Waals surface area contributed by atoms with Crippen LogP contribution in [-0.4, -0.2) is 21.5 Å². The van der Waals surface area contributed by atoms with E-state index in [0.717, 1.165) is 24.8 Å². The van der Waals surface area contributed by atoms with Crippen molar-refractivity contribution in [1.82, 2.24) is 0 Å². The summed E-state index contributed by atoms with van der Waals surface area (Å²) in [6.45, 7) is 1.79. The number of nitrogens with one attached hydrogen (secondary N) is 1. The Morgan fingerprint density at radius 1 is 1.08 bits per heavy atom. The molecule has 0 aliphatic carbocycles. The Hall–Kier alpha value is -2.48. The minimum atomic E-state index is -4.06. The van der Waals surface area contributed by atoms with Crippen LogP contribution in [0.15, 0.2) is 41.3 Å². The van der Waals surface area contributed by atoms with E-state index < -0.39 is 39.7 Å². The van der Waals surface area contributed by atoms with Gasteiger partial charge in [0.05, 0.1) is 24.1 Å². The largest absolute Gasteiger partial charge is 0.469 e. The fourth-order valence-electron chi connectivity index (χ4n) is 1.95. The summed E-state index contributed by atoms with van der Waals surface area (Å²) in [5.74, 6) is -3.42. The molecular weight excluding hydrogens is 340 g/mol. The number of aryl methyl sites for hydroxylation is 1. The van der Waals surface area contributed by atoms with E-state index in [1.165, 1.54) is 12.1 Å². The first-order valence-corrected chi connectivity index (χ1v) is 8.36. The zero-order chi connectivity index (χ0) is 17.9. The number of benzene rings is 2. The van der Waals surface area contributed by atoms with Gasteiger partial charge in [-0.15, -0.1) is 0 Å². The molecule has 24 heavy (non-hydrogen) atoms. The van der Waals surface area contributed by atoms with Crippen LogP contribution in [0.3, 0.4) is 0 Å². The van der Waals surface area contributed by atoms with Crippen LogP contribution in [0.5, 0.6) is 0 Å². The Kier molecular flexibility index (Phi) is 5.18. The van der Waals surface area contributed by atoms with Gasteiger partial charge in [-0.25, -0.2) is 17.2 Å². The predicted molar refractivity (Wildman–Crippen MR) is 84.1 cm³/mol. The SMILES string of the molecule is COC(=O)Cc1ccc(NS(=O)(=O)c2ccc(C)cc2)c(F)c1F. The summed E-state index contributed by atoms with van der Waals surface area (Å²) >= 11 is 0. The van der Waals surface area contributed by atoms with E-state index in [4.69, 9.17) is 0 Å². The Morgan fingerprint density at radius 2 is 1.71 bits per heavy atom. The quantitative estimate of drug-likeness (QED) is 0.837. The predicted octanol–water partition coefficient (Wildman–Crippen LogP) is 2.79. The molecule has 0 aromatic heterocycles. The van der Waals surface area contributed by atoms with Crippen molar-refractivity contribution < 1.29 is 26.7 Å². The first kappa shape index (κ1) is 17.9. The number of carbonyl (C=O) groups excluding carboxylic acids is 1. The van der Waals surface area contributed by atoms with Crippen molar-refractivity contribution in [1.29, 1.82) is 0 Å². The minimum absolute atomic E-state index is 0.0773. The molecule has 0 unspecified atom stereocenters. The van der Waals surface area contributed by atoms with Crippen LogP contribution in [0.2, 0.25) is 0 Å². The highest BCUT2D eigenvalue weighted by Crippen LogP contribution is 2.24. The summed E-state index contributed by atoms with van der Waals surface area (Å²) in [6.07, 6.45) is -0.454. The number of hydrogen-bond acceptors (Lipinski definition) is 4. The Balaban J connectivity index is 2.31. The van der Waals surface area contributed by atoms with Crippen molar-refractivity contribution in [3.05, 3.63) is 59.2 Å². The van der Waals surface area contributed by atoms with Crippen molar-refractivity contribution in [2.24, 2.45) is 0 Å². The van der Waals surface area contributed by atoms with Crippen LogP contribution >= 0.6 is 0 Å². The molecule has 1 N–H and O–H groups in total. The molecule has 0 bridgehead atoms. The van der Waals surface area contributed by atoms with Crippen LogP contribution in [0.25, 0.3) is 0 Å². The van der Waals surface area contributed by atoms with Gasteiger partial charge in [0.1, 0.15) is 0 Å². The van der Waals surface area contributed by atoms with Gasteiger partial charge in [-0.1, -0.05) is 23.8 Å². The Bertz CT molecular complexity index is 864. The third-order valence-corrected chi connectivity index (χ3v) is 4.68. The lowest BCUT2D eigenvalue weighted by Crippen LogP contribution is -2.15. The number of hydrogen-bond donors (Lipinski definition) is 1. The standard InChI is InChI=1S/C16H15F2NO4S/c1-10-3-6-12(7-4-10)24(21,22)19-13-8-5-11(9-14(20)23-2)15(17)16(13)18/h3-8,19H,9H2,1-2H3. The summed E-state index contributed by atoms with van der Waals surface area (Å²) in [4.78, 5) is 11.1. The molecule has 128 valence electrons. The lowest BCUT2D eigenvalue weighted by atomic mass is 10.1. The van der Waals surface area contributed by atoms with Crippen LogP contribution < -0.4 is 4.72 Å². The van der Waals surface area contributed by atoms with Gasteiger partial charge < -0.3 is 4.74 Å². The summed E-state index contributed by atoms with van der Waals surface area (Å²) in [5.41, 5.74) is 0.0951. The molecule has 2 rings (SSSR count). The molecule has 8 heteroatoms. The van der Waals surface area contributed by atoms with Crippen LogP contribution in [0.1, 0.15) is 11.1 Å². The van der Waals surface area contributed by atoms with Gasteiger partial charge in [0.25, 0.3) is 10.0 Å². The normalized spacial score (nSPS) is 11.2. The molecule has 0 saturated heterocycles. The number of esters is 1. The number of rotatable bonds is 5. The molecule has 2 aromatic carbocycles. The molecule has 0 heterocycles. The molecule has 0 radical (unpaired) electrons. The highest BCUT2D eigenvalue weighted by atomic mass is 32.2. The third-order valence-electron chi connectivity index (χ3n) is 3.30. The van der Waals surface area contributed by atoms with Crippen LogP contribution in [-0.2, 0) is 26.0 Å². The Morgan fingerprint density at radius 3 is 2.29 bits per heavy atom. The zero-order valence-corrected chi connectivity index (χ0v) is 13.8. The van der Waals surface area contributed by atoms with E-state index >= 15 is 0 Å². The number of carbonyl (C=O) groups is 1. The number of methoxy groups -OCH3 is 1. The average molecular weight is 355 g/mol. The van der Waals surface area contributed by atoms with Crippen LogP contribution in [0, 0.1) is 18.6 Å². The van der Waals surface area contributed by atoms with Crippen molar-refractivity contribution in [3.8, 4) is 0 Å². The van der Waals surface area contributed by atoms with E-state index in [9.17, 15) is 22.0 Å². The fraction of sp³-hybridized carbons (Fsp3) is 0.188.